The van der Waals surface area contributed by atoms with E-state index >= 15 is 0 Å². The van der Waals surface area contributed by atoms with Gasteiger partial charge in [0.2, 0.25) is 11.9 Å². The molecule has 3 heterocycles. The molecular weight excluding hydrogens is 448 g/mol. The lowest BCUT2D eigenvalue weighted by Gasteiger charge is -2.15. The molecule has 1 aliphatic heterocycles. The molecule has 0 saturated carbocycles. The van der Waals surface area contributed by atoms with Crippen molar-refractivity contribution in [1.29, 1.82) is 0 Å². The Labute approximate surface area is 202 Å². The van der Waals surface area contributed by atoms with Gasteiger partial charge >= 0.3 is 0 Å². The number of nitrogens with one attached hydrogen (secondary N) is 2. The molecule has 1 saturated heterocycles. The summed E-state index contributed by atoms with van der Waals surface area (Å²) in [5.74, 6) is 2.39. The number of aromatic amines is 1. The van der Waals surface area contributed by atoms with Gasteiger partial charge in [0.1, 0.15) is 12.4 Å². The van der Waals surface area contributed by atoms with Crippen LogP contribution >= 0.6 is 0 Å². The zero-order valence-electron chi connectivity index (χ0n) is 20.1. The summed E-state index contributed by atoms with van der Waals surface area (Å²) >= 11 is 0. The van der Waals surface area contributed by atoms with Gasteiger partial charge in [0.05, 0.1) is 36.3 Å². The van der Waals surface area contributed by atoms with Crippen LogP contribution in [0.2, 0.25) is 0 Å². The van der Waals surface area contributed by atoms with Gasteiger partial charge in [0, 0.05) is 18.0 Å². The number of hydrogen-bond acceptors (Lipinski definition) is 9. The first kappa shape index (κ1) is 22.9. The first-order chi connectivity index (χ1) is 17.0. The van der Waals surface area contributed by atoms with Gasteiger partial charge in [-0.2, -0.15) is 0 Å². The number of nitrogens with zero attached hydrogens (tertiary/aromatic N) is 4. The third kappa shape index (κ3) is 4.83. The van der Waals surface area contributed by atoms with Crippen LogP contribution in [-0.2, 0) is 0 Å². The second-order valence-electron chi connectivity index (χ2n) is 8.47. The highest BCUT2D eigenvalue weighted by Crippen LogP contribution is 2.33. The summed E-state index contributed by atoms with van der Waals surface area (Å²) in [5.41, 5.74) is 1.70. The van der Waals surface area contributed by atoms with Crippen molar-refractivity contribution in [3.63, 3.8) is 0 Å². The Morgan fingerprint density at radius 3 is 2.51 bits per heavy atom. The number of likely N-dealkylation sites (tertiary alicyclic amines) is 1. The van der Waals surface area contributed by atoms with Crippen molar-refractivity contribution >= 4 is 33.7 Å². The van der Waals surface area contributed by atoms with Crippen molar-refractivity contribution in [3.05, 3.63) is 46.4 Å². The van der Waals surface area contributed by atoms with Gasteiger partial charge in [-0.05, 0) is 57.1 Å². The van der Waals surface area contributed by atoms with Gasteiger partial charge in [-0.3, -0.25) is 20.0 Å². The maximum atomic E-state index is 12.8. The molecule has 2 aromatic carbocycles. The Balaban J connectivity index is 1.37. The largest absolute Gasteiger partial charge is 0.493 e. The van der Waals surface area contributed by atoms with Crippen LogP contribution in [0.3, 0.4) is 0 Å². The van der Waals surface area contributed by atoms with Gasteiger partial charge in [-0.15, -0.1) is 0 Å². The van der Waals surface area contributed by atoms with Gasteiger partial charge in [-0.1, -0.05) is 0 Å². The lowest BCUT2D eigenvalue weighted by atomic mass is 10.1. The molecular formula is C25H28N6O4. The molecule has 10 nitrogen and oxygen atoms in total. The first-order valence-corrected chi connectivity index (χ1v) is 11.6. The van der Waals surface area contributed by atoms with Gasteiger partial charge in [0.15, 0.2) is 11.5 Å². The summed E-state index contributed by atoms with van der Waals surface area (Å²) < 4.78 is 16.6. The number of hydrogen-bond donors (Lipinski definition) is 2. The van der Waals surface area contributed by atoms with Crippen molar-refractivity contribution < 1.29 is 14.2 Å². The van der Waals surface area contributed by atoms with E-state index in [2.05, 4.69) is 30.2 Å². The summed E-state index contributed by atoms with van der Waals surface area (Å²) in [7, 11) is 3.16. The van der Waals surface area contributed by atoms with Crippen LogP contribution in [0.15, 0.2) is 35.1 Å². The number of aryl methyl sites for hydroxylation is 1. The van der Waals surface area contributed by atoms with Crippen molar-refractivity contribution in [2.45, 2.75) is 19.8 Å². The molecule has 0 radical (unpaired) electrons. The lowest BCUT2D eigenvalue weighted by molar-refractivity contribution is 0.238. The Bertz CT molecular complexity index is 1430. The summed E-state index contributed by atoms with van der Waals surface area (Å²) in [6.45, 7) is 5.61. The average molecular weight is 477 g/mol. The molecule has 2 aromatic heterocycles. The van der Waals surface area contributed by atoms with E-state index in [1.54, 1.807) is 32.4 Å². The molecule has 0 amide bonds. The molecule has 2 N–H and O–H groups in total. The SMILES string of the molecule is COc1cc2nc(Nc3nc4ccc(OCCN5CCCC5)cc4c(=O)[nH]3)nc(C)c2cc1OC. The minimum Gasteiger partial charge on any atom is -0.493 e. The van der Waals surface area contributed by atoms with E-state index in [9.17, 15) is 4.79 Å². The van der Waals surface area contributed by atoms with Crippen molar-refractivity contribution in [3.8, 4) is 17.2 Å². The Morgan fingerprint density at radius 1 is 0.971 bits per heavy atom. The summed E-state index contributed by atoms with van der Waals surface area (Å²) in [6.07, 6.45) is 2.50. The van der Waals surface area contributed by atoms with Crippen molar-refractivity contribution in [2.75, 3.05) is 45.8 Å². The van der Waals surface area contributed by atoms with Crippen LogP contribution in [0.25, 0.3) is 21.8 Å². The molecule has 35 heavy (non-hydrogen) atoms. The van der Waals surface area contributed by atoms with E-state index < -0.39 is 0 Å². The number of aromatic nitrogens is 4. The van der Waals surface area contributed by atoms with Crippen LogP contribution in [0.4, 0.5) is 11.9 Å². The lowest BCUT2D eigenvalue weighted by Crippen LogP contribution is -2.25. The molecule has 182 valence electrons. The number of fused-ring (bicyclic) bond motifs is 2. The highest BCUT2D eigenvalue weighted by Gasteiger charge is 2.14. The summed E-state index contributed by atoms with van der Waals surface area (Å²) in [4.78, 5) is 31.5. The van der Waals surface area contributed by atoms with Crippen LogP contribution < -0.4 is 25.1 Å². The predicted octanol–water partition coefficient (Wildman–Crippen LogP) is 3.41. The Hall–Kier alpha value is -3.92. The summed E-state index contributed by atoms with van der Waals surface area (Å²) in [6, 6.07) is 8.97. The predicted molar refractivity (Wildman–Crippen MR) is 134 cm³/mol. The van der Waals surface area contributed by atoms with E-state index in [-0.39, 0.29) is 11.5 Å². The number of methoxy groups -OCH3 is 2. The van der Waals surface area contributed by atoms with Gasteiger partial charge in [-0.25, -0.2) is 15.0 Å². The van der Waals surface area contributed by atoms with Crippen LogP contribution in [0.1, 0.15) is 18.5 Å². The standard InChI is InChI=1S/C25H28N6O4/c1-15-17-13-21(33-2)22(34-3)14-20(17)28-24(26-15)30-25-27-19-7-6-16(12-18(19)23(32)29-25)35-11-10-31-8-4-5-9-31/h6-7,12-14H,4-5,8-11H2,1-3H3,(H2,26,27,28,29,30,32). The van der Waals surface area contributed by atoms with E-state index in [1.807, 2.05) is 19.1 Å². The number of anilines is 2. The molecule has 0 unspecified atom stereocenters. The number of ether oxygens (including phenoxy) is 3. The highest BCUT2D eigenvalue weighted by atomic mass is 16.5. The van der Waals surface area contributed by atoms with Crippen molar-refractivity contribution in [2.24, 2.45) is 0 Å². The van der Waals surface area contributed by atoms with E-state index in [1.165, 1.54) is 12.8 Å². The normalized spacial score (nSPS) is 13.9. The number of rotatable bonds is 8. The van der Waals surface area contributed by atoms with Gasteiger partial charge in [0.25, 0.3) is 5.56 Å². The van der Waals surface area contributed by atoms with E-state index in [4.69, 9.17) is 14.2 Å². The highest BCUT2D eigenvalue weighted by molar-refractivity contribution is 5.86. The zero-order valence-corrected chi connectivity index (χ0v) is 20.1. The maximum absolute atomic E-state index is 12.8. The summed E-state index contributed by atoms with van der Waals surface area (Å²) in [5, 5.41) is 4.32. The topological polar surface area (TPSA) is 114 Å². The molecule has 0 atom stereocenters. The molecule has 10 heteroatoms. The second kappa shape index (κ2) is 9.75. The Morgan fingerprint density at radius 2 is 1.74 bits per heavy atom. The van der Waals surface area contributed by atoms with Crippen molar-refractivity contribution in [1.82, 2.24) is 24.8 Å². The third-order valence-corrected chi connectivity index (χ3v) is 6.17. The molecule has 4 aromatic rings. The smallest absolute Gasteiger partial charge is 0.260 e. The first-order valence-electron chi connectivity index (χ1n) is 11.6. The van der Waals surface area contributed by atoms with E-state index in [0.29, 0.717) is 46.2 Å². The molecule has 0 bridgehead atoms. The van der Waals surface area contributed by atoms with Gasteiger partial charge < -0.3 is 14.2 Å². The molecule has 1 fully saturated rings. The fraction of sp³-hybridized carbons (Fsp3) is 0.360. The average Bonchev–Trinajstić information content (AvgIpc) is 3.37. The number of H-pyrrole nitrogens is 1. The monoisotopic (exact) mass is 476 g/mol. The number of benzene rings is 2. The minimum atomic E-state index is -0.272. The zero-order chi connectivity index (χ0) is 24.4. The minimum absolute atomic E-state index is 0.254. The van der Waals surface area contributed by atoms with Crippen LogP contribution in [-0.4, -0.2) is 65.3 Å². The fourth-order valence-corrected chi connectivity index (χ4v) is 4.34. The van der Waals surface area contributed by atoms with E-state index in [0.717, 1.165) is 30.7 Å². The van der Waals surface area contributed by atoms with Crippen LogP contribution in [0.5, 0.6) is 17.2 Å². The Kier molecular flexibility index (Phi) is 6.37. The fourth-order valence-electron chi connectivity index (χ4n) is 4.34. The van der Waals surface area contributed by atoms with Crippen LogP contribution in [0, 0.1) is 6.92 Å². The quantitative estimate of drug-likeness (QED) is 0.395. The molecule has 0 spiro atoms. The second-order valence-corrected chi connectivity index (χ2v) is 8.47. The molecule has 1 aliphatic rings. The molecule has 5 rings (SSSR count). The molecule has 0 aliphatic carbocycles. The third-order valence-electron chi connectivity index (χ3n) is 6.17. The maximum Gasteiger partial charge on any atom is 0.260 e.